The average molecular weight is 156 g/mol. The lowest BCUT2D eigenvalue weighted by atomic mass is 9.76. The maximum Gasteiger partial charge on any atom is 0.00421 e. The quantitative estimate of drug-likeness (QED) is 0.629. The van der Waals surface area contributed by atoms with E-state index in [-0.39, 0.29) is 0 Å². The first kappa shape index (κ1) is 9.01. The van der Waals surface area contributed by atoms with Gasteiger partial charge >= 0.3 is 0 Å². The summed E-state index contributed by atoms with van der Waals surface area (Å²) in [5.41, 5.74) is 11.5. The van der Waals surface area contributed by atoms with Crippen molar-refractivity contribution in [3.63, 3.8) is 0 Å². The maximum atomic E-state index is 5.86. The summed E-state index contributed by atoms with van der Waals surface area (Å²) in [6, 6.07) is 0.423. The van der Waals surface area contributed by atoms with Crippen molar-refractivity contribution in [2.24, 2.45) is 23.3 Å². The molecule has 3 unspecified atom stereocenters. The van der Waals surface area contributed by atoms with Crippen LogP contribution in [0.2, 0.25) is 0 Å². The summed E-state index contributed by atoms with van der Waals surface area (Å²) in [6.45, 7) is 3.08. The van der Waals surface area contributed by atoms with Crippen LogP contribution in [0.15, 0.2) is 0 Å². The van der Waals surface area contributed by atoms with Crippen LogP contribution in [0.4, 0.5) is 0 Å². The summed E-state index contributed by atoms with van der Waals surface area (Å²) in [7, 11) is 0. The topological polar surface area (TPSA) is 52.0 Å². The summed E-state index contributed by atoms with van der Waals surface area (Å²) < 4.78 is 0. The zero-order valence-electron chi connectivity index (χ0n) is 7.42. The van der Waals surface area contributed by atoms with Gasteiger partial charge in [0, 0.05) is 6.04 Å². The predicted octanol–water partition coefficient (Wildman–Crippen LogP) is 1.10. The third-order valence-corrected chi connectivity index (χ3v) is 3.01. The van der Waals surface area contributed by atoms with Crippen molar-refractivity contribution in [1.29, 1.82) is 0 Å². The van der Waals surface area contributed by atoms with Crippen molar-refractivity contribution in [2.75, 3.05) is 6.54 Å². The van der Waals surface area contributed by atoms with Crippen LogP contribution in [-0.4, -0.2) is 12.6 Å². The Morgan fingerprint density at radius 2 is 2.00 bits per heavy atom. The zero-order valence-corrected chi connectivity index (χ0v) is 7.42. The van der Waals surface area contributed by atoms with Gasteiger partial charge in [-0.3, -0.25) is 0 Å². The molecule has 0 spiro atoms. The zero-order chi connectivity index (χ0) is 8.27. The van der Waals surface area contributed by atoms with E-state index in [1.165, 1.54) is 19.3 Å². The van der Waals surface area contributed by atoms with Crippen LogP contribution in [-0.2, 0) is 0 Å². The Kier molecular flexibility index (Phi) is 3.34. The molecule has 1 aliphatic carbocycles. The van der Waals surface area contributed by atoms with Crippen LogP contribution < -0.4 is 11.5 Å². The minimum absolute atomic E-state index is 0.423. The second-order valence-corrected chi connectivity index (χ2v) is 3.74. The minimum atomic E-state index is 0.423. The SMILES string of the molecule is CCC1CCC(N)CC1CN. The minimum Gasteiger partial charge on any atom is -0.330 e. The fraction of sp³-hybridized carbons (Fsp3) is 1.00. The standard InChI is InChI=1S/C9H20N2/c1-2-7-3-4-9(11)5-8(7)6-10/h7-9H,2-6,10-11H2,1H3. The molecule has 0 saturated heterocycles. The van der Waals surface area contributed by atoms with Crippen molar-refractivity contribution in [2.45, 2.75) is 38.6 Å². The summed E-state index contributed by atoms with van der Waals surface area (Å²) in [5.74, 6) is 1.54. The molecule has 0 aliphatic heterocycles. The first-order valence-corrected chi connectivity index (χ1v) is 4.73. The molecule has 0 bridgehead atoms. The first-order chi connectivity index (χ1) is 5.27. The van der Waals surface area contributed by atoms with Crippen LogP contribution in [0, 0.1) is 11.8 Å². The molecule has 0 aromatic carbocycles. The van der Waals surface area contributed by atoms with E-state index in [9.17, 15) is 0 Å². The highest BCUT2D eigenvalue weighted by molar-refractivity contribution is 4.81. The van der Waals surface area contributed by atoms with E-state index in [1.807, 2.05) is 0 Å². The van der Waals surface area contributed by atoms with Gasteiger partial charge in [-0.1, -0.05) is 13.3 Å². The summed E-state index contributed by atoms with van der Waals surface area (Å²) in [4.78, 5) is 0. The Labute approximate surface area is 69.3 Å². The van der Waals surface area contributed by atoms with E-state index in [4.69, 9.17) is 11.5 Å². The van der Waals surface area contributed by atoms with Crippen molar-refractivity contribution >= 4 is 0 Å². The molecular formula is C9H20N2. The lowest BCUT2D eigenvalue weighted by molar-refractivity contribution is 0.216. The van der Waals surface area contributed by atoms with E-state index < -0.39 is 0 Å². The Morgan fingerprint density at radius 3 is 2.55 bits per heavy atom. The van der Waals surface area contributed by atoms with E-state index in [1.54, 1.807) is 0 Å². The van der Waals surface area contributed by atoms with Crippen LogP contribution in [0.3, 0.4) is 0 Å². The molecule has 1 rings (SSSR count). The number of hydrogen-bond donors (Lipinski definition) is 2. The van der Waals surface area contributed by atoms with Gasteiger partial charge in [-0.15, -0.1) is 0 Å². The molecule has 0 aromatic heterocycles. The first-order valence-electron chi connectivity index (χ1n) is 4.73. The molecule has 1 aliphatic rings. The van der Waals surface area contributed by atoms with Gasteiger partial charge in [0.25, 0.3) is 0 Å². The van der Waals surface area contributed by atoms with Gasteiger partial charge in [-0.05, 0) is 37.6 Å². The van der Waals surface area contributed by atoms with Crippen molar-refractivity contribution in [1.82, 2.24) is 0 Å². The Bertz CT molecular complexity index is 114. The highest BCUT2D eigenvalue weighted by atomic mass is 14.7. The smallest absolute Gasteiger partial charge is 0.00421 e. The summed E-state index contributed by atoms with van der Waals surface area (Å²) >= 11 is 0. The molecule has 1 fully saturated rings. The molecule has 0 amide bonds. The van der Waals surface area contributed by atoms with Gasteiger partial charge in [0.1, 0.15) is 0 Å². The van der Waals surface area contributed by atoms with Crippen LogP contribution in [0.25, 0.3) is 0 Å². The molecule has 11 heavy (non-hydrogen) atoms. The van der Waals surface area contributed by atoms with Crippen molar-refractivity contribution in [3.8, 4) is 0 Å². The molecule has 0 aromatic rings. The Morgan fingerprint density at radius 1 is 1.27 bits per heavy atom. The highest BCUT2D eigenvalue weighted by Crippen LogP contribution is 2.30. The van der Waals surface area contributed by atoms with Gasteiger partial charge < -0.3 is 11.5 Å². The lowest BCUT2D eigenvalue weighted by Gasteiger charge is -2.33. The molecule has 4 N–H and O–H groups in total. The predicted molar refractivity (Wildman–Crippen MR) is 48.2 cm³/mol. The van der Waals surface area contributed by atoms with Gasteiger partial charge in [-0.2, -0.15) is 0 Å². The third-order valence-electron chi connectivity index (χ3n) is 3.01. The molecule has 2 heteroatoms. The van der Waals surface area contributed by atoms with Crippen molar-refractivity contribution < 1.29 is 0 Å². The molecule has 0 heterocycles. The van der Waals surface area contributed by atoms with Gasteiger partial charge in [-0.25, -0.2) is 0 Å². The molecule has 1 saturated carbocycles. The molecular weight excluding hydrogens is 136 g/mol. The molecule has 0 radical (unpaired) electrons. The Balaban J connectivity index is 2.41. The number of rotatable bonds is 2. The van der Waals surface area contributed by atoms with Gasteiger partial charge in [0.05, 0.1) is 0 Å². The summed E-state index contributed by atoms with van der Waals surface area (Å²) in [6.07, 6.45) is 4.91. The Hall–Kier alpha value is -0.0800. The molecule has 2 nitrogen and oxygen atoms in total. The lowest BCUT2D eigenvalue weighted by Crippen LogP contribution is -2.36. The molecule has 66 valence electrons. The highest BCUT2D eigenvalue weighted by Gasteiger charge is 2.26. The largest absolute Gasteiger partial charge is 0.330 e. The normalized spacial score (nSPS) is 39.0. The fourth-order valence-corrected chi connectivity index (χ4v) is 2.19. The van der Waals surface area contributed by atoms with Crippen LogP contribution in [0.5, 0.6) is 0 Å². The van der Waals surface area contributed by atoms with E-state index >= 15 is 0 Å². The van der Waals surface area contributed by atoms with Crippen LogP contribution in [0.1, 0.15) is 32.6 Å². The van der Waals surface area contributed by atoms with Gasteiger partial charge in [0.2, 0.25) is 0 Å². The van der Waals surface area contributed by atoms with Gasteiger partial charge in [0.15, 0.2) is 0 Å². The number of hydrogen-bond acceptors (Lipinski definition) is 2. The fourth-order valence-electron chi connectivity index (χ4n) is 2.19. The maximum absolute atomic E-state index is 5.86. The third kappa shape index (κ3) is 2.17. The van der Waals surface area contributed by atoms with E-state index in [2.05, 4.69) is 6.92 Å². The summed E-state index contributed by atoms with van der Waals surface area (Å²) in [5, 5.41) is 0. The molecule has 3 atom stereocenters. The monoisotopic (exact) mass is 156 g/mol. The van der Waals surface area contributed by atoms with E-state index in [0.717, 1.165) is 18.9 Å². The van der Waals surface area contributed by atoms with Crippen molar-refractivity contribution in [3.05, 3.63) is 0 Å². The second-order valence-electron chi connectivity index (χ2n) is 3.74. The average Bonchev–Trinajstić information content (AvgIpc) is 2.04. The van der Waals surface area contributed by atoms with E-state index in [0.29, 0.717) is 12.0 Å². The number of nitrogens with two attached hydrogens (primary N) is 2. The van der Waals surface area contributed by atoms with Crippen LogP contribution >= 0.6 is 0 Å². The second kappa shape index (κ2) is 4.07.